The van der Waals surface area contributed by atoms with E-state index in [0.29, 0.717) is 6.54 Å². The third kappa shape index (κ3) is 5.65. The number of carbonyl (C=O) groups is 3. The standard InChI is InChI=1S/C18H24N4O2.C2HF3O2/c23-16(20-12-14-4-3-6-19-11-14)15-10-18(15)5-9-22(13-18)17(24)21-7-1-2-8-21;3-2(4,5)1(6)7/h3-4,6,11,15H,1-2,5,7-10,12-13H2,(H,20,23);(H,6,7). The molecule has 2 saturated heterocycles. The Labute approximate surface area is 177 Å². The number of rotatable bonds is 3. The molecule has 2 N–H and O–H groups in total. The van der Waals surface area contributed by atoms with Gasteiger partial charge >= 0.3 is 18.2 Å². The van der Waals surface area contributed by atoms with E-state index in [4.69, 9.17) is 9.90 Å². The average molecular weight is 442 g/mol. The summed E-state index contributed by atoms with van der Waals surface area (Å²) in [5.74, 6) is -2.58. The molecule has 1 aromatic rings. The van der Waals surface area contributed by atoms with E-state index < -0.39 is 12.1 Å². The third-order valence-corrected chi connectivity index (χ3v) is 5.97. The molecule has 2 aliphatic heterocycles. The van der Waals surface area contributed by atoms with Crippen LogP contribution in [0.4, 0.5) is 18.0 Å². The Morgan fingerprint density at radius 1 is 1.19 bits per heavy atom. The van der Waals surface area contributed by atoms with Gasteiger partial charge in [-0.15, -0.1) is 0 Å². The molecule has 0 aromatic carbocycles. The molecule has 0 bridgehead atoms. The number of aliphatic carboxylic acids is 1. The largest absolute Gasteiger partial charge is 0.490 e. The number of aromatic nitrogens is 1. The van der Waals surface area contributed by atoms with E-state index in [9.17, 15) is 22.8 Å². The maximum atomic E-state index is 12.5. The maximum Gasteiger partial charge on any atom is 0.490 e. The highest BCUT2D eigenvalue weighted by Gasteiger charge is 2.61. The summed E-state index contributed by atoms with van der Waals surface area (Å²) in [7, 11) is 0. The summed E-state index contributed by atoms with van der Waals surface area (Å²) in [5.41, 5.74) is 1.05. The third-order valence-electron chi connectivity index (χ3n) is 5.97. The Balaban J connectivity index is 0.000000339. The van der Waals surface area contributed by atoms with Crippen molar-refractivity contribution < 1.29 is 32.7 Å². The molecule has 11 heteroatoms. The van der Waals surface area contributed by atoms with Gasteiger partial charge in [-0.3, -0.25) is 9.78 Å². The van der Waals surface area contributed by atoms with Crippen LogP contribution in [0.5, 0.6) is 0 Å². The summed E-state index contributed by atoms with van der Waals surface area (Å²) in [6.07, 6.45) is 2.52. The van der Waals surface area contributed by atoms with Crippen LogP contribution in [0.25, 0.3) is 0 Å². The highest BCUT2D eigenvalue weighted by atomic mass is 19.4. The van der Waals surface area contributed by atoms with Crippen molar-refractivity contribution in [2.45, 2.75) is 38.4 Å². The van der Waals surface area contributed by atoms with Crippen LogP contribution in [0.2, 0.25) is 0 Å². The van der Waals surface area contributed by atoms with Crippen LogP contribution in [0.15, 0.2) is 24.5 Å². The van der Waals surface area contributed by atoms with Crippen LogP contribution >= 0.6 is 0 Å². The average Bonchev–Trinajstić information content (AvgIpc) is 3.08. The molecule has 4 rings (SSSR count). The molecule has 3 amide bonds. The molecule has 1 aromatic heterocycles. The molecule has 31 heavy (non-hydrogen) atoms. The number of pyridine rings is 1. The molecule has 0 radical (unpaired) electrons. The van der Waals surface area contributed by atoms with Gasteiger partial charge in [0.15, 0.2) is 0 Å². The topological polar surface area (TPSA) is 103 Å². The summed E-state index contributed by atoms with van der Waals surface area (Å²) in [4.78, 5) is 41.8. The fraction of sp³-hybridized carbons (Fsp3) is 0.600. The number of likely N-dealkylation sites (tertiary alicyclic amines) is 2. The minimum atomic E-state index is -5.08. The van der Waals surface area contributed by atoms with Crippen LogP contribution < -0.4 is 5.32 Å². The summed E-state index contributed by atoms with van der Waals surface area (Å²) in [5, 5.41) is 10.1. The van der Waals surface area contributed by atoms with Gasteiger partial charge in [-0.1, -0.05) is 6.07 Å². The number of hydrogen-bond acceptors (Lipinski definition) is 4. The fourth-order valence-electron chi connectivity index (χ4n) is 4.15. The zero-order chi connectivity index (χ0) is 22.6. The Bertz CT molecular complexity index is 814. The number of hydrogen-bond donors (Lipinski definition) is 2. The van der Waals surface area contributed by atoms with E-state index in [1.165, 1.54) is 0 Å². The Morgan fingerprint density at radius 3 is 2.45 bits per heavy atom. The van der Waals surface area contributed by atoms with E-state index in [0.717, 1.165) is 57.4 Å². The smallest absolute Gasteiger partial charge is 0.475 e. The lowest BCUT2D eigenvalue weighted by atomic mass is 10.0. The number of urea groups is 1. The van der Waals surface area contributed by atoms with Gasteiger partial charge in [0.25, 0.3) is 0 Å². The first-order valence-electron chi connectivity index (χ1n) is 10.1. The van der Waals surface area contributed by atoms with Crippen molar-refractivity contribution in [1.29, 1.82) is 0 Å². The van der Waals surface area contributed by atoms with Gasteiger partial charge in [-0.25, -0.2) is 9.59 Å². The quantitative estimate of drug-likeness (QED) is 0.748. The number of alkyl halides is 3. The van der Waals surface area contributed by atoms with Crippen molar-refractivity contribution in [3.63, 3.8) is 0 Å². The van der Waals surface area contributed by atoms with E-state index in [1.807, 2.05) is 21.9 Å². The minimum absolute atomic E-state index is 0.0361. The molecule has 3 heterocycles. The predicted molar refractivity (Wildman–Crippen MR) is 103 cm³/mol. The van der Waals surface area contributed by atoms with Crippen molar-refractivity contribution in [3.05, 3.63) is 30.1 Å². The minimum Gasteiger partial charge on any atom is -0.475 e. The first-order chi connectivity index (χ1) is 14.6. The lowest BCUT2D eigenvalue weighted by Crippen LogP contribution is -2.40. The lowest BCUT2D eigenvalue weighted by molar-refractivity contribution is -0.192. The molecule has 2 atom stereocenters. The second-order valence-electron chi connectivity index (χ2n) is 8.15. The molecule has 1 aliphatic carbocycles. The van der Waals surface area contributed by atoms with Gasteiger partial charge in [0, 0.05) is 56.5 Å². The second-order valence-corrected chi connectivity index (χ2v) is 8.15. The number of carboxylic acids is 1. The zero-order valence-corrected chi connectivity index (χ0v) is 16.9. The molecule has 3 aliphatic rings. The van der Waals surface area contributed by atoms with Crippen molar-refractivity contribution in [2.75, 3.05) is 26.2 Å². The lowest BCUT2D eigenvalue weighted by Gasteiger charge is -2.24. The van der Waals surface area contributed by atoms with Gasteiger partial charge in [0.2, 0.25) is 5.91 Å². The Morgan fingerprint density at radius 2 is 1.87 bits per heavy atom. The molecule has 170 valence electrons. The van der Waals surface area contributed by atoms with Crippen LogP contribution in [-0.4, -0.2) is 70.2 Å². The van der Waals surface area contributed by atoms with Crippen LogP contribution in [0.3, 0.4) is 0 Å². The van der Waals surface area contributed by atoms with Crippen LogP contribution in [0.1, 0.15) is 31.2 Å². The van der Waals surface area contributed by atoms with Gasteiger partial charge in [0.1, 0.15) is 0 Å². The summed E-state index contributed by atoms with van der Waals surface area (Å²) in [6, 6.07) is 4.01. The summed E-state index contributed by atoms with van der Waals surface area (Å²) < 4.78 is 31.7. The van der Waals surface area contributed by atoms with Gasteiger partial charge in [-0.05, 0) is 37.3 Å². The summed E-state index contributed by atoms with van der Waals surface area (Å²) >= 11 is 0. The van der Waals surface area contributed by atoms with Crippen molar-refractivity contribution in [3.8, 4) is 0 Å². The normalized spacial score (nSPS) is 24.5. The number of carbonyl (C=O) groups excluding carboxylic acids is 2. The Kier molecular flexibility index (Phi) is 6.71. The van der Waals surface area contributed by atoms with Gasteiger partial charge in [-0.2, -0.15) is 13.2 Å². The maximum absolute atomic E-state index is 12.5. The van der Waals surface area contributed by atoms with Crippen molar-refractivity contribution in [2.24, 2.45) is 11.3 Å². The molecule has 1 spiro atoms. The number of amides is 3. The molecule has 8 nitrogen and oxygen atoms in total. The number of carboxylic acid groups (broad SMARTS) is 1. The van der Waals surface area contributed by atoms with Gasteiger partial charge < -0.3 is 20.2 Å². The van der Waals surface area contributed by atoms with Crippen LogP contribution in [-0.2, 0) is 16.1 Å². The van der Waals surface area contributed by atoms with Crippen molar-refractivity contribution in [1.82, 2.24) is 20.1 Å². The first kappa shape index (κ1) is 22.8. The molecular formula is C20H25F3N4O4. The number of nitrogens with zero attached hydrogens (tertiary/aromatic N) is 3. The number of nitrogens with one attached hydrogen (secondary N) is 1. The highest BCUT2D eigenvalue weighted by Crippen LogP contribution is 2.58. The Hall–Kier alpha value is -2.85. The van der Waals surface area contributed by atoms with E-state index >= 15 is 0 Å². The number of halogens is 3. The van der Waals surface area contributed by atoms with Crippen molar-refractivity contribution >= 4 is 17.9 Å². The monoisotopic (exact) mass is 442 g/mol. The van der Waals surface area contributed by atoms with E-state index in [1.54, 1.807) is 12.4 Å². The van der Waals surface area contributed by atoms with E-state index in [-0.39, 0.29) is 23.3 Å². The second kappa shape index (κ2) is 9.11. The fourth-order valence-corrected chi connectivity index (χ4v) is 4.15. The SMILES string of the molecule is O=C(NCc1cccnc1)C1CC12CCN(C(=O)N1CCCC1)C2.O=C(O)C(F)(F)F. The highest BCUT2D eigenvalue weighted by molar-refractivity contribution is 5.83. The van der Waals surface area contributed by atoms with E-state index in [2.05, 4.69) is 10.3 Å². The predicted octanol–water partition coefficient (Wildman–Crippen LogP) is 2.26. The molecule has 3 fully saturated rings. The molecular weight excluding hydrogens is 417 g/mol. The zero-order valence-electron chi connectivity index (χ0n) is 16.9. The van der Waals surface area contributed by atoms with Crippen LogP contribution in [0, 0.1) is 11.3 Å². The molecule has 1 saturated carbocycles. The molecule has 2 unspecified atom stereocenters. The first-order valence-corrected chi connectivity index (χ1v) is 10.1. The van der Waals surface area contributed by atoms with Gasteiger partial charge in [0.05, 0.1) is 0 Å². The summed E-state index contributed by atoms with van der Waals surface area (Å²) in [6.45, 7) is 3.83.